The summed E-state index contributed by atoms with van der Waals surface area (Å²) < 4.78 is 11.0. The molecule has 0 unspecified atom stereocenters. The SMILES string of the molecule is CO[C@H](OC(C)C)[C@H]1C(=O)CCC(C)=C1C. The van der Waals surface area contributed by atoms with Crippen LogP contribution in [0.1, 0.15) is 40.5 Å². The normalized spacial score (nSPS) is 24.1. The van der Waals surface area contributed by atoms with E-state index in [1.807, 2.05) is 20.8 Å². The number of ketones is 1. The molecule has 0 radical (unpaired) electrons. The molecule has 0 amide bonds. The van der Waals surface area contributed by atoms with Crippen LogP contribution in [0, 0.1) is 5.92 Å². The van der Waals surface area contributed by atoms with Crippen LogP contribution in [0.5, 0.6) is 0 Å². The van der Waals surface area contributed by atoms with E-state index in [-0.39, 0.29) is 17.8 Å². The number of hydrogen-bond acceptors (Lipinski definition) is 3. The molecule has 0 fully saturated rings. The van der Waals surface area contributed by atoms with Gasteiger partial charge in [-0.3, -0.25) is 4.79 Å². The molecule has 0 N–H and O–H groups in total. The molecule has 1 aliphatic rings. The molecule has 0 aromatic carbocycles. The summed E-state index contributed by atoms with van der Waals surface area (Å²) in [6.45, 7) is 7.99. The van der Waals surface area contributed by atoms with Crippen molar-refractivity contribution in [2.75, 3.05) is 7.11 Å². The van der Waals surface area contributed by atoms with Crippen LogP contribution in [-0.4, -0.2) is 25.3 Å². The zero-order chi connectivity index (χ0) is 12.3. The van der Waals surface area contributed by atoms with Crippen molar-refractivity contribution in [2.24, 2.45) is 5.92 Å². The van der Waals surface area contributed by atoms with Gasteiger partial charge in [0.1, 0.15) is 5.78 Å². The summed E-state index contributed by atoms with van der Waals surface area (Å²) in [5.41, 5.74) is 2.41. The summed E-state index contributed by atoms with van der Waals surface area (Å²) in [4.78, 5) is 11.9. The second-order valence-electron chi connectivity index (χ2n) is 4.70. The van der Waals surface area contributed by atoms with E-state index >= 15 is 0 Å². The lowest BCUT2D eigenvalue weighted by molar-refractivity contribution is -0.175. The van der Waals surface area contributed by atoms with Crippen molar-refractivity contribution in [3.8, 4) is 0 Å². The molecule has 0 saturated carbocycles. The van der Waals surface area contributed by atoms with Crippen LogP contribution in [0.15, 0.2) is 11.1 Å². The summed E-state index contributed by atoms with van der Waals surface area (Å²) in [5, 5.41) is 0. The predicted octanol–water partition coefficient (Wildman–Crippen LogP) is 2.70. The summed E-state index contributed by atoms with van der Waals surface area (Å²) in [5.74, 6) is 0.0109. The number of ether oxygens (including phenoxy) is 2. The van der Waals surface area contributed by atoms with Gasteiger partial charge in [-0.25, -0.2) is 0 Å². The van der Waals surface area contributed by atoms with Crippen molar-refractivity contribution in [1.82, 2.24) is 0 Å². The summed E-state index contributed by atoms with van der Waals surface area (Å²) in [6, 6.07) is 0. The quantitative estimate of drug-likeness (QED) is 0.546. The highest BCUT2D eigenvalue weighted by molar-refractivity contribution is 5.85. The predicted molar refractivity (Wildman–Crippen MR) is 63.1 cm³/mol. The third-order valence-corrected chi connectivity index (χ3v) is 3.14. The van der Waals surface area contributed by atoms with Gasteiger partial charge in [0.15, 0.2) is 6.29 Å². The number of rotatable bonds is 4. The number of carbonyl (C=O) groups is 1. The van der Waals surface area contributed by atoms with Gasteiger partial charge in [-0.15, -0.1) is 0 Å². The Morgan fingerprint density at radius 3 is 2.38 bits per heavy atom. The van der Waals surface area contributed by atoms with Gasteiger partial charge in [0.2, 0.25) is 0 Å². The van der Waals surface area contributed by atoms with E-state index in [0.717, 1.165) is 12.0 Å². The molecule has 0 aromatic heterocycles. The Hall–Kier alpha value is -0.670. The molecule has 0 spiro atoms. The highest BCUT2D eigenvalue weighted by atomic mass is 16.7. The fourth-order valence-corrected chi connectivity index (χ4v) is 2.06. The Labute approximate surface area is 97.8 Å². The van der Waals surface area contributed by atoms with Gasteiger partial charge in [0, 0.05) is 13.5 Å². The number of hydrogen-bond donors (Lipinski definition) is 0. The maximum absolute atomic E-state index is 11.9. The van der Waals surface area contributed by atoms with E-state index in [9.17, 15) is 4.79 Å². The summed E-state index contributed by atoms with van der Waals surface area (Å²) >= 11 is 0. The van der Waals surface area contributed by atoms with E-state index in [0.29, 0.717) is 6.42 Å². The molecule has 3 heteroatoms. The van der Waals surface area contributed by atoms with Gasteiger partial charge in [-0.2, -0.15) is 0 Å². The third-order valence-electron chi connectivity index (χ3n) is 3.14. The Morgan fingerprint density at radius 1 is 1.25 bits per heavy atom. The topological polar surface area (TPSA) is 35.5 Å². The van der Waals surface area contributed by atoms with Crippen LogP contribution >= 0.6 is 0 Å². The molecule has 0 aromatic rings. The average molecular weight is 226 g/mol. The minimum absolute atomic E-state index is 0.0628. The van der Waals surface area contributed by atoms with E-state index < -0.39 is 6.29 Å². The van der Waals surface area contributed by atoms with Crippen molar-refractivity contribution in [1.29, 1.82) is 0 Å². The second-order valence-corrected chi connectivity index (χ2v) is 4.70. The lowest BCUT2D eigenvalue weighted by atomic mass is 9.82. The first-order valence-electron chi connectivity index (χ1n) is 5.84. The van der Waals surface area contributed by atoms with Gasteiger partial charge in [-0.1, -0.05) is 11.1 Å². The summed E-state index contributed by atoms with van der Waals surface area (Å²) in [7, 11) is 1.59. The van der Waals surface area contributed by atoms with Gasteiger partial charge < -0.3 is 9.47 Å². The molecular weight excluding hydrogens is 204 g/mol. The molecule has 1 aliphatic carbocycles. The standard InChI is InChI=1S/C13H22O3/c1-8(2)16-13(15-5)12-10(4)9(3)6-7-11(12)14/h8,12-13H,6-7H2,1-5H3/t12-,13-/m1/s1. The van der Waals surface area contributed by atoms with Crippen molar-refractivity contribution >= 4 is 5.78 Å². The van der Waals surface area contributed by atoms with Crippen molar-refractivity contribution < 1.29 is 14.3 Å². The molecule has 0 aliphatic heterocycles. The molecule has 92 valence electrons. The van der Waals surface area contributed by atoms with E-state index in [2.05, 4.69) is 6.92 Å². The van der Waals surface area contributed by atoms with Crippen molar-refractivity contribution in [3.05, 3.63) is 11.1 Å². The molecular formula is C13H22O3. The average Bonchev–Trinajstić information content (AvgIpc) is 2.22. The largest absolute Gasteiger partial charge is 0.355 e. The van der Waals surface area contributed by atoms with Gasteiger partial charge in [-0.05, 0) is 34.1 Å². The number of carbonyl (C=O) groups excluding carboxylic acids is 1. The minimum Gasteiger partial charge on any atom is -0.355 e. The van der Waals surface area contributed by atoms with Gasteiger partial charge in [0.25, 0.3) is 0 Å². The maximum Gasteiger partial charge on any atom is 0.170 e. The fraction of sp³-hybridized carbons (Fsp3) is 0.769. The Balaban J connectivity index is 2.89. The van der Waals surface area contributed by atoms with Gasteiger partial charge in [0.05, 0.1) is 12.0 Å². The van der Waals surface area contributed by atoms with E-state index in [1.54, 1.807) is 7.11 Å². The van der Waals surface area contributed by atoms with Crippen LogP contribution in [0.25, 0.3) is 0 Å². The number of allylic oxidation sites excluding steroid dienone is 1. The maximum atomic E-state index is 11.9. The smallest absolute Gasteiger partial charge is 0.170 e. The van der Waals surface area contributed by atoms with Crippen LogP contribution in [-0.2, 0) is 14.3 Å². The third kappa shape index (κ3) is 2.92. The van der Waals surface area contributed by atoms with Crippen LogP contribution in [0.2, 0.25) is 0 Å². The van der Waals surface area contributed by atoms with Crippen LogP contribution in [0.3, 0.4) is 0 Å². The number of Topliss-reactive ketones (excluding diaryl/α,β-unsaturated/α-hetero) is 1. The highest BCUT2D eigenvalue weighted by Crippen LogP contribution is 2.31. The zero-order valence-corrected chi connectivity index (χ0v) is 10.9. The summed E-state index contributed by atoms with van der Waals surface area (Å²) in [6.07, 6.45) is 1.10. The minimum atomic E-state index is -0.442. The molecule has 0 heterocycles. The molecule has 1 rings (SSSR count). The molecule has 16 heavy (non-hydrogen) atoms. The van der Waals surface area contributed by atoms with Crippen molar-refractivity contribution in [3.63, 3.8) is 0 Å². The van der Waals surface area contributed by atoms with Gasteiger partial charge >= 0.3 is 0 Å². The Morgan fingerprint density at radius 2 is 1.88 bits per heavy atom. The first-order valence-corrected chi connectivity index (χ1v) is 5.84. The zero-order valence-electron chi connectivity index (χ0n) is 10.9. The molecule has 0 bridgehead atoms. The van der Waals surface area contributed by atoms with Crippen molar-refractivity contribution in [2.45, 2.75) is 52.9 Å². The molecule has 2 atom stereocenters. The Kier molecular flexibility index (Phi) is 4.69. The monoisotopic (exact) mass is 226 g/mol. The fourth-order valence-electron chi connectivity index (χ4n) is 2.06. The number of methoxy groups -OCH3 is 1. The first kappa shape index (κ1) is 13.4. The van der Waals surface area contributed by atoms with E-state index in [1.165, 1.54) is 5.57 Å². The lowest BCUT2D eigenvalue weighted by Gasteiger charge is -2.31. The first-order chi connectivity index (χ1) is 7.47. The molecule has 0 saturated heterocycles. The molecule has 3 nitrogen and oxygen atoms in total. The lowest BCUT2D eigenvalue weighted by Crippen LogP contribution is -2.37. The van der Waals surface area contributed by atoms with E-state index in [4.69, 9.17) is 9.47 Å². The second kappa shape index (κ2) is 5.60. The highest BCUT2D eigenvalue weighted by Gasteiger charge is 2.34. The van der Waals surface area contributed by atoms with Crippen LogP contribution in [0.4, 0.5) is 0 Å². The van der Waals surface area contributed by atoms with Crippen LogP contribution < -0.4 is 0 Å². The Bertz CT molecular complexity index is 292.